The molecule has 1 amide bonds. The van der Waals surface area contributed by atoms with Crippen LogP contribution in [0.4, 0.5) is 5.69 Å². The lowest BCUT2D eigenvalue weighted by atomic mass is 10.1. The van der Waals surface area contributed by atoms with Crippen molar-refractivity contribution in [2.24, 2.45) is 0 Å². The molecule has 2 aromatic rings. The topological polar surface area (TPSA) is 82.1 Å². The summed E-state index contributed by atoms with van der Waals surface area (Å²) in [5.41, 5.74) is 2.76. The van der Waals surface area contributed by atoms with E-state index >= 15 is 0 Å². The molecule has 0 spiro atoms. The van der Waals surface area contributed by atoms with Crippen LogP contribution in [0.1, 0.15) is 21.5 Å². The van der Waals surface area contributed by atoms with E-state index in [1.54, 1.807) is 54.4 Å². The molecule has 0 aliphatic carbocycles. The quantitative estimate of drug-likeness (QED) is 0.441. The fourth-order valence-electron chi connectivity index (χ4n) is 3.24. The summed E-state index contributed by atoms with van der Waals surface area (Å²) in [7, 11) is 1.70. The smallest absolute Gasteiger partial charge is 0.331 e. The number of Topliss-reactive ketones (excluding diaryl/α,β-unsaturated/α-hetero) is 1. The maximum absolute atomic E-state index is 12.3. The van der Waals surface area contributed by atoms with Crippen molar-refractivity contribution in [3.63, 3.8) is 0 Å². The highest BCUT2D eigenvalue weighted by Crippen LogP contribution is 2.31. The molecule has 7 nitrogen and oxygen atoms in total. The van der Waals surface area contributed by atoms with Gasteiger partial charge in [-0.25, -0.2) is 4.79 Å². The first-order chi connectivity index (χ1) is 14.0. The van der Waals surface area contributed by atoms with Gasteiger partial charge in [-0.3, -0.25) is 9.59 Å². The summed E-state index contributed by atoms with van der Waals surface area (Å²) < 4.78 is 16.0. The number of anilines is 1. The van der Waals surface area contributed by atoms with Gasteiger partial charge in [0, 0.05) is 24.4 Å². The molecule has 7 heteroatoms. The normalized spacial score (nSPS) is 14.8. The van der Waals surface area contributed by atoms with E-state index in [1.807, 2.05) is 0 Å². The number of ether oxygens (including phenoxy) is 3. The Hall–Kier alpha value is -3.61. The van der Waals surface area contributed by atoms with Crippen LogP contribution in [0.15, 0.2) is 42.5 Å². The largest absolute Gasteiger partial charge is 0.486 e. The first-order valence-electron chi connectivity index (χ1n) is 9.18. The van der Waals surface area contributed by atoms with Gasteiger partial charge < -0.3 is 19.1 Å². The highest BCUT2D eigenvalue weighted by atomic mass is 16.6. The van der Waals surface area contributed by atoms with Gasteiger partial charge in [-0.1, -0.05) is 6.07 Å². The minimum absolute atomic E-state index is 0.0136. The summed E-state index contributed by atoms with van der Waals surface area (Å²) >= 11 is 0. The van der Waals surface area contributed by atoms with Crippen molar-refractivity contribution in [3.05, 3.63) is 59.2 Å². The lowest BCUT2D eigenvalue weighted by molar-refractivity contribution is -0.136. The molecule has 0 fully saturated rings. The van der Waals surface area contributed by atoms with Gasteiger partial charge in [0.15, 0.2) is 23.9 Å². The number of likely N-dealkylation sites (N-methyl/N-ethyl adjacent to an activating group) is 1. The molecular weight excluding hydrogens is 374 g/mol. The van der Waals surface area contributed by atoms with Gasteiger partial charge in [0.1, 0.15) is 13.2 Å². The third-order valence-electron chi connectivity index (χ3n) is 4.80. The van der Waals surface area contributed by atoms with E-state index in [1.165, 1.54) is 6.08 Å². The van der Waals surface area contributed by atoms with Crippen molar-refractivity contribution < 1.29 is 28.6 Å². The second-order valence-electron chi connectivity index (χ2n) is 6.74. The molecule has 0 unspecified atom stereocenters. The Morgan fingerprint density at radius 3 is 2.72 bits per heavy atom. The zero-order valence-corrected chi connectivity index (χ0v) is 15.8. The number of benzene rings is 2. The average molecular weight is 393 g/mol. The zero-order chi connectivity index (χ0) is 20.4. The number of carbonyl (C=O) groups excluding carboxylic acids is 3. The second kappa shape index (κ2) is 7.79. The number of fused-ring (bicyclic) bond motifs is 2. The number of carbonyl (C=O) groups is 3. The molecule has 0 aromatic heterocycles. The highest BCUT2D eigenvalue weighted by Gasteiger charge is 2.24. The predicted molar refractivity (Wildman–Crippen MR) is 105 cm³/mol. The fourth-order valence-corrected chi connectivity index (χ4v) is 3.24. The van der Waals surface area contributed by atoms with Crippen LogP contribution in [0, 0.1) is 0 Å². The maximum Gasteiger partial charge on any atom is 0.331 e. The van der Waals surface area contributed by atoms with Crippen molar-refractivity contribution in [1.29, 1.82) is 0 Å². The molecule has 4 rings (SSSR count). The van der Waals surface area contributed by atoms with Crippen LogP contribution < -0.4 is 14.4 Å². The van der Waals surface area contributed by atoms with E-state index in [-0.39, 0.29) is 24.7 Å². The molecule has 2 aliphatic rings. The van der Waals surface area contributed by atoms with Gasteiger partial charge in [0.05, 0.1) is 6.42 Å². The Morgan fingerprint density at radius 1 is 1.10 bits per heavy atom. The molecule has 0 radical (unpaired) electrons. The lowest BCUT2D eigenvalue weighted by Gasteiger charge is -2.18. The summed E-state index contributed by atoms with van der Waals surface area (Å²) in [6.07, 6.45) is 3.11. The van der Waals surface area contributed by atoms with Crippen LogP contribution in [-0.2, 0) is 20.7 Å². The molecular formula is C22H19NO6. The summed E-state index contributed by atoms with van der Waals surface area (Å²) in [5.74, 6) is 0.340. The Balaban J connectivity index is 1.34. The van der Waals surface area contributed by atoms with Crippen LogP contribution in [0.3, 0.4) is 0 Å². The number of rotatable bonds is 5. The molecule has 0 atom stereocenters. The maximum atomic E-state index is 12.3. The average Bonchev–Trinajstić information content (AvgIpc) is 3.03. The Labute approximate surface area is 167 Å². The first-order valence-corrected chi connectivity index (χ1v) is 9.18. The van der Waals surface area contributed by atoms with E-state index in [9.17, 15) is 14.4 Å². The van der Waals surface area contributed by atoms with E-state index in [4.69, 9.17) is 14.2 Å². The van der Waals surface area contributed by atoms with Crippen LogP contribution >= 0.6 is 0 Å². The number of nitrogens with zero attached hydrogens (tertiary/aromatic N) is 1. The lowest BCUT2D eigenvalue weighted by Crippen LogP contribution is -2.20. The van der Waals surface area contributed by atoms with E-state index < -0.39 is 5.97 Å². The second-order valence-corrected chi connectivity index (χ2v) is 6.74. The predicted octanol–water partition coefficient (Wildman–Crippen LogP) is 2.42. The van der Waals surface area contributed by atoms with Crippen LogP contribution in [-0.4, -0.2) is 44.5 Å². The number of ketones is 1. The van der Waals surface area contributed by atoms with Crippen molar-refractivity contribution >= 4 is 29.4 Å². The van der Waals surface area contributed by atoms with Gasteiger partial charge in [0.2, 0.25) is 5.91 Å². The molecule has 2 aliphatic heterocycles. The number of amides is 1. The Morgan fingerprint density at radius 2 is 1.90 bits per heavy atom. The minimum atomic E-state index is -0.621. The van der Waals surface area contributed by atoms with Gasteiger partial charge >= 0.3 is 5.97 Å². The number of esters is 1. The molecule has 0 saturated heterocycles. The number of hydrogen-bond donors (Lipinski definition) is 0. The summed E-state index contributed by atoms with van der Waals surface area (Å²) in [6.45, 7) is 0.629. The Kier molecular flexibility index (Phi) is 5.03. The van der Waals surface area contributed by atoms with Gasteiger partial charge in [-0.15, -0.1) is 0 Å². The molecule has 0 saturated carbocycles. The fraction of sp³-hybridized carbons (Fsp3) is 0.227. The molecule has 148 valence electrons. The summed E-state index contributed by atoms with van der Waals surface area (Å²) in [5, 5.41) is 0. The van der Waals surface area contributed by atoms with Gasteiger partial charge in [0.25, 0.3) is 0 Å². The van der Waals surface area contributed by atoms with Crippen LogP contribution in [0.2, 0.25) is 0 Å². The van der Waals surface area contributed by atoms with E-state index in [0.717, 1.165) is 16.8 Å². The molecule has 2 heterocycles. The van der Waals surface area contributed by atoms with E-state index in [0.29, 0.717) is 30.3 Å². The molecule has 29 heavy (non-hydrogen) atoms. The standard InChI is InChI=1S/C22H19NO6/c1-23-17-5-4-15(11-16(17)12-21(23)25)18(24)13-29-22(26)7-3-14-2-6-19-20(10-14)28-9-8-27-19/h2-7,10-11H,8-9,12-13H2,1H3/b7-3+. The Bertz CT molecular complexity index is 1030. The highest BCUT2D eigenvalue weighted by molar-refractivity contribution is 6.04. The SMILES string of the molecule is CN1C(=O)Cc2cc(C(=O)COC(=O)/C=C/c3ccc4c(c3)OCCO4)ccc21. The molecule has 0 bridgehead atoms. The van der Waals surface area contributed by atoms with Crippen molar-refractivity contribution in [2.75, 3.05) is 31.8 Å². The summed E-state index contributed by atoms with van der Waals surface area (Å²) in [6, 6.07) is 10.4. The van der Waals surface area contributed by atoms with Crippen LogP contribution in [0.5, 0.6) is 11.5 Å². The molecule has 2 aromatic carbocycles. The van der Waals surface area contributed by atoms with Crippen molar-refractivity contribution in [2.45, 2.75) is 6.42 Å². The third-order valence-corrected chi connectivity index (χ3v) is 4.80. The first kappa shape index (κ1) is 18.7. The molecule has 0 N–H and O–H groups in total. The zero-order valence-electron chi connectivity index (χ0n) is 15.8. The van der Waals surface area contributed by atoms with Crippen LogP contribution in [0.25, 0.3) is 6.08 Å². The minimum Gasteiger partial charge on any atom is -0.486 e. The van der Waals surface area contributed by atoms with Gasteiger partial charge in [-0.2, -0.15) is 0 Å². The van der Waals surface area contributed by atoms with E-state index in [2.05, 4.69) is 0 Å². The third kappa shape index (κ3) is 3.99. The monoisotopic (exact) mass is 393 g/mol. The van der Waals surface area contributed by atoms with Crippen molar-refractivity contribution in [1.82, 2.24) is 0 Å². The summed E-state index contributed by atoms with van der Waals surface area (Å²) in [4.78, 5) is 37.6. The number of hydrogen-bond acceptors (Lipinski definition) is 6. The van der Waals surface area contributed by atoms with Gasteiger partial charge in [-0.05, 0) is 47.5 Å². The van der Waals surface area contributed by atoms with Crippen molar-refractivity contribution in [3.8, 4) is 11.5 Å².